The van der Waals surface area contributed by atoms with Crippen molar-refractivity contribution in [2.45, 2.75) is 39.5 Å². The van der Waals surface area contributed by atoms with Crippen LogP contribution in [-0.4, -0.2) is 11.1 Å². The Kier molecular flexibility index (Phi) is 2.79. The van der Waals surface area contributed by atoms with Gasteiger partial charge in [-0.3, -0.25) is 0 Å². The van der Waals surface area contributed by atoms with Crippen LogP contribution in [0.2, 0.25) is 0 Å². The Morgan fingerprint density at radius 2 is 2.15 bits per heavy atom. The maximum atomic E-state index is 10.7. The molecule has 2 nitrogen and oxygen atoms in total. The summed E-state index contributed by atoms with van der Waals surface area (Å²) in [5.41, 5.74) is 0.689. The quantitative estimate of drug-likeness (QED) is 0.667. The van der Waals surface area contributed by atoms with E-state index in [1.165, 1.54) is 6.42 Å². The predicted molar refractivity (Wildman–Crippen MR) is 52.5 cm³/mol. The summed E-state index contributed by atoms with van der Waals surface area (Å²) in [6, 6.07) is 0. The molecule has 2 heteroatoms. The third kappa shape index (κ3) is 2.58. The van der Waals surface area contributed by atoms with Gasteiger partial charge in [-0.25, -0.2) is 4.79 Å². The molecule has 1 unspecified atom stereocenters. The lowest BCUT2D eigenvalue weighted by Crippen LogP contribution is -2.25. The van der Waals surface area contributed by atoms with Crippen LogP contribution in [-0.2, 0) is 4.79 Å². The van der Waals surface area contributed by atoms with Crippen LogP contribution >= 0.6 is 0 Å². The second-order valence-electron chi connectivity index (χ2n) is 4.79. The van der Waals surface area contributed by atoms with Crippen molar-refractivity contribution in [2.24, 2.45) is 11.3 Å². The molecule has 1 fully saturated rings. The molecule has 0 saturated heterocycles. The van der Waals surface area contributed by atoms with Crippen molar-refractivity contribution >= 4 is 5.97 Å². The topological polar surface area (TPSA) is 37.3 Å². The highest BCUT2D eigenvalue weighted by Gasteiger charge is 2.31. The van der Waals surface area contributed by atoms with Crippen LogP contribution in [0.25, 0.3) is 0 Å². The van der Waals surface area contributed by atoms with Gasteiger partial charge in [0.05, 0.1) is 0 Å². The largest absolute Gasteiger partial charge is 0.478 e. The summed E-state index contributed by atoms with van der Waals surface area (Å²) in [6.45, 7) is 8.05. The Morgan fingerprint density at radius 3 is 2.62 bits per heavy atom. The molecule has 1 atom stereocenters. The molecule has 74 valence electrons. The Hall–Kier alpha value is -0.790. The fourth-order valence-corrected chi connectivity index (χ4v) is 2.17. The highest BCUT2D eigenvalue weighted by atomic mass is 16.4. The molecule has 1 aliphatic rings. The van der Waals surface area contributed by atoms with E-state index in [-0.39, 0.29) is 5.92 Å². The van der Waals surface area contributed by atoms with Gasteiger partial charge in [0.2, 0.25) is 0 Å². The van der Waals surface area contributed by atoms with Crippen LogP contribution in [0.1, 0.15) is 39.5 Å². The van der Waals surface area contributed by atoms with Gasteiger partial charge in [0.15, 0.2) is 0 Å². The van der Waals surface area contributed by atoms with Crippen LogP contribution in [0.15, 0.2) is 12.2 Å². The monoisotopic (exact) mass is 182 g/mol. The second-order valence-corrected chi connectivity index (χ2v) is 4.79. The van der Waals surface area contributed by atoms with E-state index in [9.17, 15) is 4.79 Å². The molecule has 0 aliphatic heterocycles. The minimum absolute atomic E-state index is 0.196. The molecule has 0 bridgehead atoms. The van der Waals surface area contributed by atoms with E-state index in [1.807, 2.05) is 0 Å². The molecule has 0 radical (unpaired) electrons. The standard InChI is InChI=1S/C11H18O2/c1-8(10(12)13)9-5-4-6-11(2,3)7-9/h9H,1,4-7H2,2-3H3,(H,12,13). The zero-order valence-electron chi connectivity index (χ0n) is 8.47. The van der Waals surface area contributed by atoms with Gasteiger partial charge in [-0.2, -0.15) is 0 Å². The van der Waals surface area contributed by atoms with Gasteiger partial charge in [0, 0.05) is 5.57 Å². The summed E-state index contributed by atoms with van der Waals surface area (Å²) >= 11 is 0. The molecular weight excluding hydrogens is 164 g/mol. The van der Waals surface area contributed by atoms with Crippen molar-refractivity contribution in [1.82, 2.24) is 0 Å². The Balaban J connectivity index is 2.62. The molecular formula is C11H18O2. The van der Waals surface area contributed by atoms with Gasteiger partial charge in [-0.1, -0.05) is 26.8 Å². The molecule has 1 saturated carbocycles. The minimum Gasteiger partial charge on any atom is -0.478 e. The lowest BCUT2D eigenvalue weighted by Gasteiger charge is -2.35. The van der Waals surface area contributed by atoms with E-state index < -0.39 is 5.97 Å². The van der Waals surface area contributed by atoms with E-state index in [1.54, 1.807) is 0 Å². The van der Waals surface area contributed by atoms with Crippen molar-refractivity contribution in [3.63, 3.8) is 0 Å². The fraction of sp³-hybridized carbons (Fsp3) is 0.727. The van der Waals surface area contributed by atoms with Crippen LogP contribution < -0.4 is 0 Å². The van der Waals surface area contributed by atoms with Crippen molar-refractivity contribution in [2.75, 3.05) is 0 Å². The van der Waals surface area contributed by atoms with Crippen LogP contribution in [0, 0.1) is 11.3 Å². The number of carboxylic acids is 1. The van der Waals surface area contributed by atoms with E-state index in [0.717, 1.165) is 19.3 Å². The van der Waals surface area contributed by atoms with Crippen LogP contribution in [0.5, 0.6) is 0 Å². The molecule has 1 N–H and O–H groups in total. The summed E-state index contributed by atoms with van der Waals surface area (Å²) in [5.74, 6) is -0.635. The normalized spacial score (nSPS) is 26.8. The molecule has 0 aromatic rings. The number of aliphatic carboxylic acids is 1. The van der Waals surface area contributed by atoms with Gasteiger partial charge in [-0.05, 0) is 30.6 Å². The average Bonchev–Trinajstić information content (AvgIpc) is 2.01. The van der Waals surface area contributed by atoms with E-state index in [0.29, 0.717) is 11.0 Å². The number of hydrogen-bond donors (Lipinski definition) is 1. The molecule has 0 heterocycles. The van der Waals surface area contributed by atoms with Crippen molar-refractivity contribution in [1.29, 1.82) is 0 Å². The maximum Gasteiger partial charge on any atom is 0.331 e. The SMILES string of the molecule is C=C(C(=O)O)C1CCCC(C)(C)C1. The Bertz CT molecular complexity index is 228. The third-order valence-electron chi connectivity index (χ3n) is 2.97. The van der Waals surface area contributed by atoms with Gasteiger partial charge in [-0.15, -0.1) is 0 Å². The maximum absolute atomic E-state index is 10.7. The molecule has 13 heavy (non-hydrogen) atoms. The summed E-state index contributed by atoms with van der Waals surface area (Å²) in [7, 11) is 0. The summed E-state index contributed by atoms with van der Waals surface area (Å²) in [4.78, 5) is 10.7. The van der Waals surface area contributed by atoms with Crippen LogP contribution in [0.3, 0.4) is 0 Å². The summed E-state index contributed by atoms with van der Waals surface area (Å²) < 4.78 is 0. The molecule has 0 aromatic heterocycles. The number of carbonyl (C=O) groups is 1. The molecule has 0 spiro atoms. The van der Waals surface area contributed by atoms with Gasteiger partial charge in [0.1, 0.15) is 0 Å². The average molecular weight is 182 g/mol. The van der Waals surface area contributed by atoms with Crippen molar-refractivity contribution in [3.8, 4) is 0 Å². The number of carboxylic acid groups (broad SMARTS) is 1. The zero-order valence-corrected chi connectivity index (χ0v) is 8.47. The third-order valence-corrected chi connectivity index (χ3v) is 2.97. The zero-order chi connectivity index (χ0) is 10.1. The molecule has 0 aromatic carbocycles. The first kappa shape index (κ1) is 10.3. The van der Waals surface area contributed by atoms with E-state index >= 15 is 0 Å². The Morgan fingerprint density at radius 1 is 1.54 bits per heavy atom. The summed E-state index contributed by atoms with van der Waals surface area (Å²) in [6.07, 6.45) is 4.30. The first-order valence-corrected chi connectivity index (χ1v) is 4.84. The lowest BCUT2D eigenvalue weighted by molar-refractivity contribution is -0.133. The first-order valence-electron chi connectivity index (χ1n) is 4.84. The molecule has 1 rings (SSSR count). The number of rotatable bonds is 2. The predicted octanol–water partition coefficient (Wildman–Crippen LogP) is 2.84. The highest BCUT2D eigenvalue weighted by molar-refractivity contribution is 5.86. The van der Waals surface area contributed by atoms with Gasteiger partial charge >= 0.3 is 5.97 Å². The summed E-state index contributed by atoms with van der Waals surface area (Å²) in [5, 5.41) is 8.80. The van der Waals surface area contributed by atoms with Crippen LogP contribution in [0.4, 0.5) is 0 Å². The van der Waals surface area contributed by atoms with Crippen molar-refractivity contribution in [3.05, 3.63) is 12.2 Å². The van der Waals surface area contributed by atoms with Crippen molar-refractivity contribution < 1.29 is 9.90 Å². The highest BCUT2D eigenvalue weighted by Crippen LogP contribution is 2.40. The second kappa shape index (κ2) is 3.52. The fourth-order valence-electron chi connectivity index (χ4n) is 2.17. The molecule has 1 aliphatic carbocycles. The Labute approximate surface area is 79.6 Å². The number of hydrogen-bond acceptors (Lipinski definition) is 1. The van der Waals surface area contributed by atoms with Gasteiger partial charge < -0.3 is 5.11 Å². The lowest BCUT2D eigenvalue weighted by atomic mass is 9.70. The minimum atomic E-state index is -0.831. The van der Waals surface area contributed by atoms with E-state index in [4.69, 9.17) is 5.11 Å². The van der Waals surface area contributed by atoms with E-state index in [2.05, 4.69) is 20.4 Å². The van der Waals surface area contributed by atoms with Gasteiger partial charge in [0.25, 0.3) is 0 Å². The molecule has 0 amide bonds. The smallest absolute Gasteiger partial charge is 0.331 e. The first-order chi connectivity index (χ1) is 5.92.